The highest BCUT2D eigenvalue weighted by molar-refractivity contribution is 9.11. The second kappa shape index (κ2) is 6.57. The van der Waals surface area contributed by atoms with Gasteiger partial charge in [-0.25, -0.2) is 4.79 Å². The van der Waals surface area contributed by atoms with Crippen LogP contribution in [0.1, 0.15) is 24.8 Å². The first kappa shape index (κ1) is 14.6. The first-order valence-electron chi connectivity index (χ1n) is 6.09. The van der Waals surface area contributed by atoms with Gasteiger partial charge < -0.3 is 9.84 Å². The average molecular weight is 390 g/mol. The quantitative estimate of drug-likeness (QED) is 0.729. The van der Waals surface area contributed by atoms with E-state index in [2.05, 4.69) is 31.9 Å². The number of rotatable bonds is 6. The fourth-order valence-corrected chi connectivity index (χ4v) is 3.17. The van der Waals surface area contributed by atoms with Crippen molar-refractivity contribution in [3.63, 3.8) is 0 Å². The molecule has 1 N–H and O–H groups in total. The lowest BCUT2D eigenvalue weighted by Gasteiger charge is -2.11. The van der Waals surface area contributed by atoms with E-state index in [9.17, 15) is 4.79 Å². The van der Waals surface area contributed by atoms with Gasteiger partial charge in [0.05, 0.1) is 15.6 Å². The maximum Gasteiger partial charge on any atom is 0.328 e. The molecule has 0 unspecified atom stereocenters. The second-order valence-corrected chi connectivity index (χ2v) is 6.27. The maximum absolute atomic E-state index is 10.5. The lowest BCUT2D eigenvalue weighted by molar-refractivity contribution is -0.131. The number of ether oxygens (including phenoxy) is 1. The molecule has 2 rings (SSSR count). The van der Waals surface area contributed by atoms with E-state index in [0.29, 0.717) is 6.61 Å². The standard InChI is InChI=1S/C14H14Br2O3/c15-11-7-10(3-4-13(17)18)8-12(16)14(11)19-6-5-9-1-2-9/h3-4,7-9H,1-2,5-6H2,(H,17,18)/b4-3+. The molecule has 0 aliphatic heterocycles. The van der Waals surface area contributed by atoms with Crippen molar-refractivity contribution in [2.24, 2.45) is 5.92 Å². The Kier molecular flexibility index (Phi) is 5.05. The van der Waals surface area contributed by atoms with Crippen molar-refractivity contribution in [3.8, 4) is 5.75 Å². The average Bonchev–Trinajstić information content (AvgIpc) is 3.14. The number of hydrogen-bond acceptors (Lipinski definition) is 2. The smallest absolute Gasteiger partial charge is 0.328 e. The Bertz CT molecular complexity index is 484. The largest absolute Gasteiger partial charge is 0.491 e. The first-order valence-corrected chi connectivity index (χ1v) is 7.67. The van der Waals surface area contributed by atoms with E-state index in [-0.39, 0.29) is 0 Å². The van der Waals surface area contributed by atoms with Crippen LogP contribution in [0.5, 0.6) is 5.75 Å². The van der Waals surface area contributed by atoms with Gasteiger partial charge in [0.1, 0.15) is 5.75 Å². The third kappa shape index (κ3) is 4.66. The van der Waals surface area contributed by atoms with E-state index < -0.39 is 5.97 Å². The number of hydrogen-bond donors (Lipinski definition) is 1. The van der Waals surface area contributed by atoms with Gasteiger partial charge in [-0.1, -0.05) is 12.8 Å². The van der Waals surface area contributed by atoms with Gasteiger partial charge in [-0.2, -0.15) is 0 Å². The van der Waals surface area contributed by atoms with Crippen LogP contribution in [0.25, 0.3) is 6.08 Å². The Morgan fingerprint density at radius 3 is 2.53 bits per heavy atom. The Morgan fingerprint density at radius 2 is 2.00 bits per heavy atom. The summed E-state index contributed by atoms with van der Waals surface area (Å²) in [7, 11) is 0. The zero-order valence-electron chi connectivity index (χ0n) is 10.2. The van der Waals surface area contributed by atoms with Crippen molar-refractivity contribution in [3.05, 3.63) is 32.7 Å². The zero-order valence-corrected chi connectivity index (χ0v) is 13.4. The summed E-state index contributed by atoms with van der Waals surface area (Å²) in [6.45, 7) is 0.714. The molecular formula is C14H14Br2O3. The van der Waals surface area contributed by atoms with Crippen LogP contribution in [-0.2, 0) is 4.79 Å². The summed E-state index contributed by atoms with van der Waals surface area (Å²) >= 11 is 6.90. The summed E-state index contributed by atoms with van der Waals surface area (Å²) < 4.78 is 7.41. The maximum atomic E-state index is 10.5. The van der Waals surface area contributed by atoms with Crippen LogP contribution >= 0.6 is 31.9 Å². The van der Waals surface area contributed by atoms with Crippen LogP contribution in [0.3, 0.4) is 0 Å². The normalized spacial score (nSPS) is 14.8. The topological polar surface area (TPSA) is 46.5 Å². The number of carboxylic acid groups (broad SMARTS) is 1. The van der Waals surface area contributed by atoms with Gasteiger partial charge in [-0.05, 0) is 68.0 Å². The van der Waals surface area contributed by atoms with Crippen LogP contribution in [-0.4, -0.2) is 17.7 Å². The molecule has 0 saturated heterocycles. The molecule has 0 heterocycles. The summed E-state index contributed by atoms with van der Waals surface area (Å²) in [5.74, 6) is 0.653. The molecule has 5 heteroatoms. The molecule has 0 radical (unpaired) electrons. The minimum Gasteiger partial charge on any atom is -0.491 e. The summed E-state index contributed by atoms with van der Waals surface area (Å²) in [6, 6.07) is 3.69. The van der Waals surface area contributed by atoms with Crippen LogP contribution in [0.15, 0.2) is 27.2 Å². The van der Waals surface area contributed by atoms with Crippen LogP contribution in [0.2, 0.25) is 0 Å². The lowest BCUT2D eigenvalue weighted by Crippen LogP contribution is -1.99. The summed E-state index contributed by atoms with van der Waals surface area (Å²) in [5, 5.41) is 8.61. The Labute approximate surface area is 128 Å². The van der Waals surface area contributed by atoms with E-state index in [1.807, 2.05) is 12.1 Å². The highest BCUT2D eigenvalue weighted by Crippen LogP contribution is 2.37. The minimum absolute atomic E-state index is 0.714. The molecule has 1 aromatic carbocycles. The number of carboxylic acids is 1. The van der Waals surface area contributed by atoms with Gasteiger partial charge in [0.2, 0.25) is 0 Å². The minimum atomic E-state index is -0.961. The number of carbonyl (C=O) groups is 1. The fraction of sp³-hybridized carbons (Fsp3) is 0.357. The van der Waals surface area contributed by atoms with Crippen LogP contribution in [0, 0.1) is 5.92 Å². The predicted molar refractivity (Wildman–Crippen MR) is 81.3 cm³/mol. The lowest BCUT2D eigenvalue weighted by atomic mass is 10.2. The van der Waals surface area contributed by atoms with Crippen LogP contribution in [0.4, 0.5) is 0 Å². The Hall–Kier alpha value is -0.810. The van der Waals surface area contributed by atoms with Gasteiger partial charge in [0.15, 0.2) is 0 Å². The summed E-state index contributed by atoms with van der Waals surface area (Å²) in [6.07, 6.45) is 6.41. The molecule has 0 spiro atoms. The molecule has 0 bridgehead atoms. The molecule has 1 aliphatic rings. The third-order valence-corrected chi connectivity index (χ3v) is 4.09. The van der Waals surface area contributed by atoms with E-state index in [4.69, 9.17) is 9.84 Å². The molecule has 1 aromatic rings. The Balaban J connectivity index is 2.04. The first-order chi connectivity index (χ1) is 9.06. The fourth-order valence-electron chi connectivity index (χ4n) is 1.72. The van der Waals surface area contributed by atoms with E-state index in [1.165, 1.54) is 12.8 Å². The number of benzene rings is 1. The molecular weight excluding hydrogens is 376 g/mol. The summed E-state index contributed by atoms with van der Waals surface area (Å²) in [5.41, 5.74) is 0.802. The van der Waals surface area contributed by atoms with Crippen molar-refractivity contribution in [1.29, 1.82) is 0 Å². The third-order valence-electron chi connectivity index (χ3n) is 2.91. The van der Waals surface area contributed by atoms with E-state index in [0.717, 1.165) is 38.7 Å². The molecule has 0 atom stereocenters. The van der Waals surface area contributed by atoms with Gasteiger partial charge >= 0.3 is 5.97 Å². The molecule has 0 aromatic heterocycles. The van der Waals surface area contributed by atoms with Gasteiger partial charge in [-0.15, -0.1) is 0 Å². The van der Waals surface area contributed by atoms with E-state index >= 15 is 0 Å². The van der Waals surface area contributed by atoms with Crippen molar-refractivity contribution in [2.45, 2.75) is 19.3 Å². The van der Waals surface area contributed by atoms with Crippen molar-refractivity contribution in [1.82, 2.24) is 0 Å². The van der Waals surface area contributed by atoms with Gasteiger partial charge in [0, 0.05) is 6.08 Å². The molecule has 102 valence electrons. The monoisotopic (exact) mass is 388 g/mol. The molecule has 1 aliphatic carbocycles. The summed E-state index contributed by atoms with van der Waals surface area (Å²) in [4.78, 5) is 10.5. The van der Waals surface area contributed by atoms with Crippen molar-refractivity contribution in [2.75, 3.05) is 6.61 Å². The SMILES string of the molecule is O=C(O)/C=C/c1cc(Br)c(OCCC2CC2)c(Br)c1. The molecule has 1 saturated carbocycles. The highest BCUT2D eigenvalue weighted by atomic mass is 79.9. The van der Waals surface area contributed by atoms with Gasteiger partial charge in [-0.3, -0.25) is 0 Å². The molecule has 1 fully saturated rings. The van der Waals surface area contributed by atoms with Crippen LogP contribution < -0.4 is 4.74 Å². The van der Waals surface area contributed by atoms with Crippen molar-refractivity contribution < 1.29 is 14.6 Å². The highest BCUT2D eigenvalue weighted by Gasteiger charge is 2.21. The van der Waals surface area contributed by atoms with Crippen molar-refractivity contribution >= 4 is 43.9 Å². The molecule has 3 nitrogen and oxygen atoms in total. The van der Waals surface area contributed by atoms with Gasteiger partial charge in [0.25, 0.3) is 0 Å². The second-order valence-electron chi connectivity index (χ2n) is 4.57. The molecule has 19 heavy (non-hydrogen) atoms. The predicted octanol–water partition coefficient (Wildman–Crippen LogP) is 4.49. The number of aliphatic carboxylic acids is 1. The Morgan fingerprint density at radius 1 is 1.37 bits per heavy atom. The number of halogens is 2. The van der Waals surface area contributed by atoms with E-state index in [1.54, 1.807) is 6.08 Å². The zero-order chi connectivity index (χ0) is 13.8. The molecule has 0 amide bonds.